The van der Waals surface area contributed by atoms with Crippen LogP contribution in [-0.2, 0) is 13.0 Å². The molecule has 0 radical (unpaired) electrons. The van der Waals surface area contributed by atoms with Crippen molar-refractivity contribution in [3.63, 3.8) is 0 Å². The van der Waals surface area contributed by atoms with Crippen molar-refractivity contribution >= 4 is 5.69 Å². The van der Waals surface area contributed by atoms with Gasteiger partial charge in [-0.25, -0.2) is 5.43 Å². The molecule has 4 unspecified atom stereocenters. The Bertz CT molecular complexity index is 1160. The molecule has 0 aromatic heterocycles. The van der Waals surface area contributed by atoms with Gasteiger partial charge >= 0.3 is 0 Å². The van der Waals surface area contributed by atoms with Gasteiger partial charge in [-0.2, -0.15) is 0 Å². The Morgan fingerprint density at radius 2 is 1.75 bits per heavy atom. The van der Waals surface area contributed by atoms with Crippen molar-refractivity contribution in [2.24, 2.45) is 5.92 Å². The quantitative estimate of drug-likeness (QED) is 0.477. The normalized spacial score (nSPS) is 24.7. The summed E-state index contributed by atoms with van der Waals surface area (Å²) < 4.78 is 6.06. The topological polar surface area (TPSA) is 60.0 Å². The summed E-state index contributed by atoms with van der Waals surface area (Å²) in [5, 5.41) is 10.7. The molecule has 6 nitrogen and oxygen atoms in total. The third kappa shape index (κ3) is 5.13. The Hall–Kier alpha value is -2.90. The highest BCUT2D eigenvalue weighted by Gasteiger charge is 2.40. The van der Waals surface area contributed by atoms with Crippen molar-refractivity contribution in [3.8, 4) is 5.75 Å². The Morgan fingerprint density at radius 1 is 0.917 bits per heavy atom. The Morgan fingerprint density at radius 3 is 2.64 bits per heavy atom. The number of rotatable bonds is 7. The molecule has 6 rings (SSSR count). The number of β-amino-alcohol motifs (C(OH)–C–C–N with tert-alkyl or cyclic N) is 1. The minimum Gasteiger partial charge on any atom is -0.491 e. The zero-order valence-electron chi connectivity index (χ0n) is 20.7. The van der Waals surface area contributed by atoms with Gasteiger partial charge in [-0.15, -0.1) is 0 Å². The molecule has 3 aromatic carbocycles. The maximum absolute atomic E-state index is 10.7. The highest BCUT2D eigenvalue weighted by atomic mass is 16.5. The van der Waals surface area contributed by atoms with Crippen LogP contribution in [0.2, 0.25) is 0 Å². The van der Waals surface area contributed by atoms with Gasteiger partial charge in [0.1, 0.15) is 18.5 Å². The second-order valence-electron chi connectivity index (χ2n) is 10.4. The van der Waals surface area contributed by atoms with Gasteiger partial charge in [-0.05, 0) is 41.7 Å². The van der Waals surface area contributed by atoms with Gasteiger partial charge in [0, 0.05) is 56.4 Å². The number of hydrogen-bond acceptors (Lipinski definition) is 6. The number of fused-ring (bicyclic) bond motifs is 2. The Kier molecular flexibility index (Phi) is 6.92. The fraction of sp³-hybridized carbons (Fsp3) is 0.400. The summed E-state index contributed by atoms with van der Waals surface area (Å²) >= 11 is 0. The van der Waals surface area contributed by atoms with Gasteiger partial charge in [0.05, 0.1) is 6.04 Å². The number of aliphatic hydroxyl groups is 1. The SMILES string of the molecule is OC(COc1cccc(N2CCC3NNC(c4ccccc4)C3C2)c1)CN1CCc2ccccc2C1. The molecule has 0 amide bonds. The van der Waals surface area contributed by atoms with Crippen LogP contribution in [0.25, 0.3) is 0 Å². The molecule has 3 aliphatic heterocycles. The molecule has 3 heterocycles. The van der Waals surface area contributed by atoms with E-state index in [9.17, 15) is 5.11 Å². The van der Waals surface area contributed by atoms with E-state index in [2.05, 4.69) is 93.4 Å². The van der Waals surface area contributed by atoms with Gasteiger partial charge in [-0.1, -0.05) is 60.7 Å². The van der Waals surface area contributed by atoms with E-state index in [4.69, 9.17) is 4.74 Å². The van der Waals surface area contributed by atoms with E-state index < -0.39 is 6.10 Å². The molecule has 0 spiro atoms. The molecule has 0 saturated carbocycles. The van der Waals surface area contributed by atoms with Crippen LogP contribution in [-0.4, -0.2) is 54.9 Å². The highest BCUT2D eigenvalue weighted by Crippen LogP contribution is 2.36. The summed E-state index contributed by atoms with van der Waals surface area (Å²) in [6, 6.07) is 28.5. The number of aliphatic hydroxyl groups excluding tert-OH is 1. The van der Waals surface area contributed by atoms with Gasteiger partial charge in [0.15, 0.2) is 0 Å². The van der Waals surface area contributed by atoms with Crippen LogP contribution in [0.5, 0.6) is 5.75 Å². The zero-order valence-corrected chi connectivity index (χ0v) is 20.7. The highest BCUT2D eigenvalue weighted by molar-refractivity contribution is 5.51. The lowest BCUT2D eigenvalue weighted by molar-refractivity contribution is 0.0638. The van der Waals surface area contributed by atoms with Crippen LogP contribution in [0.15, 0.2) is 78.9 Å². The third-order valence-corrected chi connectivity index (χ3v) is 7.97. The van der Waals surface area contributed by atoms with Crippen LogP contribution in [0.1, 0.15) is 29.2 Å². The van der Waals surface area contributed by atoms with Gasteiger partial charge in [0.2, 0.25) is 0 Å². The minimum absolute atomic E-state index is 0.302. The van der Waals surface area contributed by atoms with Gasteiger partial charge < -0.3 is 14.7 Å². The maximum Gasteiger partial charge on any atom is 0.121 e. The fourth-order valence-corrected chi connectivity index (χ4v) is 6.05. The van der Waals surface area contributed by atoms with Crippen LogP contribution in [0, 0.1) is 5.92 Å². The first-order valence-corrected chi connectivity index (χ1v) is 13.2. The van der Waals surface area contributed by atoms with E-state index in [-0.39, 0.29) is 0 Å². The van der Waals surface area contributed by atoms with Crippen molar-refractivity contribution in [1.82, 2.24) is 15.8 Å². The number of anilines is 1. The Labute approximate surface area is 213 Å². The molecule has 0 bridgehead atoms. The van der Waals surface area contributed by atoms with E-state index in [0.717, 1.165) is 44.8 Å². The smallest absolute Gasteiger partial charge is 0.121 e. The minimum atomic E-state index is -0.517. The summed E-state index contributed by atoms with van der Waals surface area (Å²) in [5.41, 5.74) is 12.4. The van der Waals surface area contributed by atoms with Gasteiger partial charge in [-0.3, -0.25) is 10.3 Å². The monoisotopic (exact) mass is 484 g/mol. The van der Waals surface area contributed by atoms with Crippen molar-refractivity contribution in [2.75, 3.05) is 37.7 Å². The van der Waals surface area contributed by atoms with E-state index in [1.54, 1.807) is 0 Å². The first-order valence-electron chi connectivity index (χ1n) is 13.2. The Balaban J connectivity index is 1.04. The first kappa shape index (κ1) is 23.5. The lowest BCUT2D eigenvalue weighted by Gasteiger charge is -2.37. The predicted molar refractivity (Wildman–Crippen MR) is 143 cm³/mol. The van der Waals surface area contributed by atoms with Crippen molar-refractivity contribution in [1.29, 1.82) is 0 Å². The third-order valence-electron chi connectivity index (χ3n) is 7.97. The maximum atomic E-state index is 10.7. The second kappa shape index (κ2) is 10.6. The van der Waals surface area contributed by atoms with E-state index in [0.29, 0.717) is 31.2 Å². The molecule has 3 aliphatic rings. The number of piperidine rings is 1. The van der Waals surface area contributed by atoms with Crippen molar-refractivity contribution in [3.05, 3.63) is 95.6 Å². The lowest BCUT2D eigenvalue weighted by atomic mass is 9.85. The molecule has 3 aromatic rings. The standard InChI is InChI=1S/C30H36N4O2/c35-26(19-33-15-13-22-7-4-5-10-24(22)18-33)21-36-27-12-6-11-25(17-27)34-16-14-29-28(20-34)30(32-31-29)23-8-2-1-3-9-23/h1-12,17,26,28-32,35H,13-16,18-21H2. The van der Waals surface area contributed by atoms with E-state index in [1.165, 1.54) is 22.4 Å². The largest absolute Gasteiger partial charge is 0.491 e. The number of benzene rings is 3. The molecule has 2 saturated heterocycles. The molecule has 3 N–H and O–H groups in total. The second-order valence-corrected chi connectivity index (χ2v) is 10.4. The summed E-state index contributed by atoms with van der Waals surface area (Å²) in [5.74, 6) is 1.32. The van der Waals surface area contributed by atoms with Crippen LogP contribution in [0.3, 0.4) is 0 Å². The van der Waals surface area contributed by atoms with Crippen molar-refractivity contribution < 1.29 is 9.84 Å². The number of nitrogens with one attached hydrogen (secondary N) is 2. The number of ether oxygens (including phenoxy) is 1. The number of nitrogens with zero attached hydrogens (tertiary/aromatic N) is 2. The van der Waals surface area contributed by atoms with Crippen LogP contribution < -0.4 is 20.5 Å². The predicted octanol–water partition coefficient (Wildman–Crippen LogP) is 3.53. The molecular formula is C30H36N4O2. The summed E-state index contributed by atoms with van der Waals surface area (Å²) in [7, 11) is 0. The molecule has 188 valence electrons. The zero-order chi connectivity index (χ0) is 24.3. The van der Waals surface area contributed by atoms with Crippen molar-refractivity contribution in [2.45, 2.75) is 37.6 Å². The van der Waals surface area contributed by atoms with E-state index >= 15 is 0 Å². The molecule has 36 heavy (non-hydrogen) atoms. The number of hydrogen-bond donors (Lipinski definition) is 3. The summed E-state index contributed by atoms with van der Waals surface area (Å²) in [4.78, 5) is 4.80. The van der Waals surface area contributed by atoms with Gasteiger partial charge in [0.25, 0.3) is 0 Å². The van der Waals surface area contributed by atoms with E-state index in [1.807, 2.05) is 6.07 Å². The summed E-state index contributed by atoms with van der Waals surface area (Å²) in [6.45, 7) is 4.81. The average molecular weight is 485 g/mol. The molecule has 2 fully saturated rings. The number of hydrazine groups is 1. The fourth-order valence-electron chi connectivity index (χ4n) is 6.05. The van der Waals surface area contributed by atoms with Crippen LogP contribution >= 0.6 is 0 Å². The molecule has 6 heteroatoms. The first-order chi connectivity index (χ1) is 17.7. The molecule has 0 aliphatic carbocycles. The molecule has 4 atom stereocenters. The summed E-state index contributed by atoms with van der Waals surface area (Å²) in [6.07, 6.45) is 1.63. The average Bonchev–Trinajstić information content (AvgIpc) is 3.36. The van der Waals surface area contributed by atoms with Crippen LogP contribution in [0.4, 0.5) is 5.69 Å². The molecular weight excluding hydrogens is 448 g/mol. The lowest BCUT2D eigenvalue weighted by Crippen LogP contribution is -2.45.